The van der Waals surface area contributed by atoms with Crippen molar-refractivity contribution >= 4 is 35.1 Å². The number of carbonyl (C=O) groups is 6. The van der Waals surface area contributed by atoms with Gasteiger partial charge in [-0.05, 0) is 133 Å². The van der Waals surface area contributed by atoms with Gasteiger partial charge in [-0.3, -0.25) is 19.2 Å². The molecule has 634 valence electrons. The highest BCUT2D eigenvalue weighted by atomic mass is 16.7. The summed E-state index contributed by atoms with van der Waals surface area (Å²) in [6.07, 6.45) is 20.7. The molecule has 36 atom stereocenters. The Labute approximate surface area is 665 Å². The van der Waals surface area contributed by atoms with Gasteiger partial charge in [0.25, 0.3) is 0 Å². The van der Waals surface area contributed by atoms with Gasteiger partial charge in [0.05, 0.1) is 73.2 Å². The van der Waals surface area contributed by atoms with Crippen LogP contribution in [0.25, 0.3) is 0 Å². The van der Waals surface area contributed by atoms with Crippen molar-refractivity contribution < 1.29 is 103 Å². The van der Waals surface area contributed by atoms with Gasteiger partial charge in [-0.15, -0.1) is 0 Å². The van der Waals surface area contributed by atoms with Crippen molar-refractivity contribution in [3.63, 3.8) is 0 Å². The number of fused-ring (bicyclic) bond motifs is 4. The minimum Gasteiger partial charge on any atom is -0.458 e. The first kappa shape index (κ1) is 97.1. The standard InChI is InChI=1S/C45H74O11.C45H74O10/c1-12-34-17-15-13-14-16-27(4)42(51)44(11,53)43(52)32(9)40(50)31(8)39(49)30(7)38(48)26(3)18-21-37(47)54-41-29(6)35(20-19-34)55-45(33(41)10)23-22-25(2)36(56-45)24-28(5)46;1-12-35-17-15-13-14-16-26(3)39(48)30(7)41(50)32(9)43(52)33(10)42(51)31(8)40(49)27(4)18-21-38(47)53-44-29(6)36(20-19-35)54-45(34(44)11)23-22-25(2)37(55-45)24-28(5)46/h13-15,17-18,21,25-36,38,40-42,46,48,50-51,53H,12,16,19-20,22-24H2,1-11H3;13-15,17-18,21,25-37,39-40,43-44,46,48-49,52H,12,16,19-20,22-24H2,1-11H3/b2*14-13+,17-15+,21-18+/t25-,26-,27+,28+,29+,30-,31-,32-,33-,34-,35-,36-,38+,40+,41+,42-,44+,45-;25-,26+,27-,28+,29+,30-,31-,32+,33-,34-,35-,36-,37-,39-,40+,43-,44+,45-/m00/s1. The molecule has 0 aliphatic carbocycles. The van der Waals surface area contributed by atoms with E-state index in [0.717, 1.165) is 44.9 Å². The largest absolute Gasteiger partial charge is 0.458 e. The molecule has 0 aromatic rings. The quantitative estimate of drug-likeness (QED) is 0.112. The summed E-state index contributed by atoms with van der Waals surface area (Å²) in [7, 11) is 0. The Hall–Kier alpha value is -4.46. The Morgan fingerprint density at radius 1 is 0.423 bits per heavy atom. The van der Waals surface area contributed by atoms with Crippen molar-refractivity contribution in [2.45, 2.75) is 345 Å². The highest BCUT2D eigenvalue weighted by Crippen LogP contribution is 2.51. The molecule has 0 aromatic heterocycles. The SMILES string of the molecule is CC[C@H]1/C=C/C=C/C[C@@H](C)[C@H](O)[C@@](C)(O)C(=O)[C@@H](C)[C@H](O)[C@@H](C)C(=O)[C@@H](C)[C@H](O)[C@@H](C)/C=C/C(=O)O[C@@H]2[C@H](C)[C@H](CC1)O[C@]1(CC[C@H](C)[C@H](C[C@@H](C)O)O1)[C@H]2C.CC[C@H]1/C=C/C=C/C[C@@H](C)[C@H](O)[C@H](C)C(=O)[C@@H](C)[C@H](O)[C@@H](C)C(=O)[C@@H](C)[C@H](O)[C@@H](C)/C=C/C(=O)O[C@@H]2[C@H](C)[C@H](CC1)O[C@]1(CC[C@H](C)[C@H](C[C@@H](C)O)O1)[C@H]2C. The highest BCUT2D eigenvalue weighted by molar-refractivity contribution is 5.91. The van der Waals surface area contributed by atoms with Crippen molar-refractivity contribution in [2.75, 3.05) is 0 Å². The highest BCUT2D eigenvalue weighted by Gasteiger charge is 2.59. The second kappa shape index (κ2) is 43.7. The zero-order valence-corrected chi connectivity index (χ0v) is 71.3. The molecule has 4 fully saturated rings. The molecule has 6 aliphatic rings. The first-order valence-corrected chi connectivity index (χ1v) is 42.3. The minimum atomic E-state index is -2.18. The van der Waals surface area contributed by atoms with E-state index in [1.54, 1.807) is 68.4 Å². The van der Waals surface area contributed by atoms with Crippen molar-refractivity contribution in [3.05, 3.63) is 72.9 Å². The molecule has 0 aromatic carbocycles. The molecule has 6 aliphatic heterocycles. The molecule has 111 heavy (non-hydrogen) atoms. The van der Waals surface area contributed by atoms with Crippen LogP contribution < -0.4 is 0 Å². The van der Waals surface area contributed by atoms with E-state index in [1.165, 1.54) is 45.9 Å². The number of ketones is 4. The van der Waals surface area contributed by atoms with E-state index in [2.05, 4.69) is 46.8 Å². The van der Waals surface area contributed by atoms with Crippen molar-refractivity contribution in [2.24, 2.45) is 112 Å². The molecule has 4 saturated heterocycles. The number of aliphatic hydroxyl groups excluding tert-OH is 8. The normalized spacial score (nSPS) is 46.4. The van der Waals surface area contributed by atoms with Crippen molar-refractivity contribution in [3.8, 4) is 0 Å². The lowest BCUT2D eigenvalue weighted by atomic mass is 9.74. The number of aliphatic hydroxyl groups is 9. The van der Waals surface area contributed by atoms with E-state index < -0.39 is 167 Å². The van der Waals surface area contributed by atoms with Gasteiger partial charge in [-0.25, -0.2) is 9.59 Å². The molecule has 0 amide bonds. The number of allylic oxidation sites excluding steroid dienone is 8. The minimum absolute atomic E-state index is 0.144. The topological polar surface area (TPSA) is 340 Å². The third-order valence-electron chi connectivity index (χ3n) is 26.8. The Balaban J connectivity index is 0.000000397. The molecule has 2 spiro atoms. The van der Waals surface area contributed by atoms with E-state index in [0.29, 0.717) is 44.9 Å². The average Bonchev–Trinajstić information content (AvgIpc) is 0.752. The van der Waals surface area contributed by atoms with E-state index in [9.17, 15) is 74.7 Å². The second-order valence-electron chi connectivity index (χ2n) is 35.7. The summed E-state index contributed by atoms with van der Waals surface area (Å²) in [5.41, 5.74) is -2.18. The van der Waals surface area contributed by atoms with Crippen LogP contribution in [0.1, 0.15) is 242 Å². The maximum atomic E-state index is 13.5. The van der Waals surface area contributed by atoms with Gasteiger partial charge in [0.15, 0.2) is 17.4 Å². The molecule has 4 bridgehead atoms. The number of esters is 2. The zero-order valence-electron chi connectivity index (χ0n) is 71.3. The molecule has 21 heteroatoms. The second-order valence-corrected chi connectivity index (χ2v) is 35.7. The van der Waals surface area contributed by atoms with Crippen LogP contribution in [0.3, 0.4) is 0 Å². The summed E-state index contributed by atoms with van der Waals surface area (Å²) < 4.78 is 40.0. The van der Waals surface area contributed by atoms with Gasteiger partial charge in [0.2, 0.25) is 0 Å². The fourth-order valence-corrected chi connectivity index (χ4v) is 18.0. The molecule has 0 unspecified atom stereocenters. The van der Waals surface area contributed by atoms with Crippen molar-refractivity contribution in [1.82, 2.24) is 0 Å². The fraction of sp³-hybridized carbons (Fsp3) is 0.800. The molecule has 6 heterocycles. The summed E-state index contributed by atoms with van der Waals surface area (Å²) in [5.74, 6) is -13.8. The van der Waals surface area contributed by atoms with Gasteiger partial charge in [0.1, 0.15) is 35.2 Å². The van der Waals surface area contributed by atoms with Gasteiger partial charge >= 0.3 is 11.9 Å². The smallest absolute Gasteiger partial charge is 0.330 e. The Morgan fingerprint density at radius 2 is 0.766 bits per heavy atom. The molecule has 0 radical (unpaired) electrons. The summed E-state index contributed by atoms with van der Waals surface area (Å²) in [4.78, 5) is 81.0. The van der Waals surface area contributed by atoms with Crippen LogP contribution in [0.2, 0.25) is 0 Å². The lowest BCUT2D eigenvalue weighted by Gasteiger charge is -2.55. The van der Waals surface area contributed by atoms with Crippen LogP contribution in [0.15, 0.2) is 72.9 Å². The summed E-state index contributed by atoms with van der Waals surface area (Å²) >= 11 is 0. The average molecular weight is 1570 g/mol. The van der Waals surface area contributed by atoms with Gasteiger partial charge in [-0.1, -0.05) is 192 Å². The Kier molecular flexibility index (Phi) is 38.2. The van der Waals surface area contributed by atoms with Gasteiger partial charge in [-0.2, -0.15) is 0 Å². The number of hydrogen-bond acceptors (Lipinski definition) is 21. The monoisotopic (exact) mass is 1570 g/mol. The van der Waals surface area contributed by atoms with Crippen LogP contribution in [-0.2, 0) is 57.2 Å². The van der Waals surface area contributed by atoms with E-state index in [-0.39, 0.29) is 83.5 Å². The fourth-order valence-electron chi connectivity index (χ4n) is 18.0. The number of Topliss-reactive ketones (excluding diaryl/α,β-unsaturated/α-hetero) is 4. The molecule has 6 rings (SSSR count). The predicted molar refractivity (Wildman–Crippen MR) is 428 cm³/mol. The van der Waals surface area contributed by atoms with E-state index in [1.807, 2.05) is 64.2 Å². The molecule has 0 saturated carbocycles. The number of rotatable bonds is 6. The lowest BCUT2D eigenvalue weighted by Crippen LogP contribution is -2.62. The lowest BCUT2D eigenvalue weighted by molar-refractivity contribution is -0.371. The predicted octanol–water partition coefficient (Wildman–Crippen LogP) is 12.7. The molecule has 21 nitrogen and oxygen atoms in total. The summed E-state index contributed by atoms with van der Waals surface area (Å²) in [6.45, 7) is 39.2. The maximum Gasteiger partial charge on any atom is 0.330 e. The van der Waals surface area contributed by atoms with Gasteiger partial charge < -0.3 is 74.4 Å². The van der Waals surface area contributed by atoms with Crippen LogP contribution >= 0.6 is 0 Å². The third-order valence-corrected chi connectivity index (χ3v) is 26.8. The third kappa shape index (κ3) is 25.3. The Bertz CT molecular complexity index is 3130. The van der Waals surface area contributed by atoms with Crippen LogP contribution in [-0.4, -0.2) is 184 Å². The number of carbonyl (C=O) groups excluding carboxylic acids is 6. The van der Waals surface area contributed by atoms with E-state index >= 15 is 0 Å². The molecule has 9 N–H and O–H groups in total. The zero-order chi connectivity index (χ0) is 83.6. The first-order valence-electron chi connectivity index (χ1n) is 42.3. The van der Waals surface area contributed by atoms with Gasteiger partial charge in [0, 0.05) is 102 Å². The first-order chi connectivity index (χ1) is 51.8. The van der Waals surface area contributed by atoms with Crippen LogP contribution in [0.5, 0.6) is 0 Å². The van der Waals surface area contributed by atoms with E-state index in [4.69, 9.17) is 28.4 Å². The van der Waals surface area contributed by atoms with Crippen molar-refractivity contribution in [1.29, 1.82) is 0 Å². The van der Waals surface area contributed by atoms with Crippen LogP contribution in [0.4, 0.5) is 0 Å². The molecular weight excluding hydrogens is 1420 g/mol. The van der Waals surface area contributed by atoms with Crippen LogP contribution in [0, 0.1) is 112 Å². The molecular formula is C90H148O21. The number of hydrogen-bond donors (Lipinski definition) is 9. The summed E-state index contributed by atoms with van der Waals surface area (Å²) in [5, 5.41) is 98.8. The Morgan fingerprint density at radius 3 is 1.13 bits per heavy atom. The maximum absolute atomic E-state index is 13.5. The summed E-state index contributed by atoms with van der Waals surface area (Å²) in [6, 6.07) is 0. The number of ether oxygens (including phenoxy) is 6.